The summed E-state index contributed by atoms with van der Waals surface area (Å²) in [6.45, 7) is 0. The molecule has 2 rings (SSSR count). The SMILES string of the molecule is N/C(=C\C(=NCCl)C1=CCCC=C1)C1=CC=CCC1. The van der Waals surface area contributed by atoms with Gasteiger partial charge in [-0.1, -0.05) is 36.5 Å². The van der Waals surface area contributed by atoms with Crippen LogP contribution in [0.25, 0.3) is 0 Å². The molecule has 2 aliphatic carbocycles. The molecular formula is C16H19ClN2. The lowest BCUT2D eigenvalue weighted by Crippen LogP contribution is -2.08. The number of rotatable bonds is 4. The summed E-state index contributed by atoms with van der Waals surface area (Å²) in [4.78, 5) is 4.34. The lowest BCUT2D eigenvalue weighted by molar-refractivity contribution is 0.962. The average Bonchev–Trinajstić information content (AvgIpc) is 2.48. The Bertz CT molecular complexity index is 505. The highest BCUT2D eigenvalue weighted by Gasteiger charge is 2.08. The fraction of sp³-hybridized carbons (Fsp3) is 0.312. The Morgan fingerprint density at radius 3 is 2.84 bits per heavy atom. The zero-order valence-corrected chi connectivity index (χ0v) is 11.7. The predicted molar refractivity (Wildman–Crippen MR) is 83.3 cm³/mol. The van der Waals surface area contributed by atoms with E-state index in [1.807, 2.05) is 6.08 Å². The second kappa shape index (κ2) is 7.15. The molecular weight excluding hydrogens is 256 g/mol. The molecule has 0 atom stereocenters. The third-order valence-corrected chi connectivity index (χ3v) is 3.32. The first-order valence-electron chi connectivity index (χ1n) is 6.62. The van der Waals surface area contributed by atoms with Gasteiger partial charge in [0.1, 0.15) is 6.00 Å². The molecule has 2 nitrogen and oxygen atoms in total. The van der Waals surface area contributed by atoms with Gasteiger partial charge >= 0.3 is 0 Å². The van der Waals surface area contributed by atoms with Crippen molar-refractivity contribution in [2.24, 2.45) is 10.7 Å². The van der Waals surface area contributed by atoms with Gasteiger partial charge in [-0.15, -0.1) is 11.6 Å². The van der Waals surface area contributed by atoms with Crippen LogP contribution in [0.2, 0.25) is 0 Å². The van der Waals surface area contributed by atoms with Crippen molar-refractivity contribution in [2.45, 2.75) is 25.7 Å². The molecule has 0 bridgehead atoms. The summed E-state index contributed by atoms with van der Waals surface area (Å²) >= 11 is 5.75. The molecule has 100 valence electrons. The minimum Gasteiger partial charge on any atom is -0.398 e. The van der Waals surface area contributed by atoms with Crippen molar-refractivity contribution in [1.82, 2.24) is 0 Å². The summed E-state index contributed by atoms with van der Waals surface area (Å²) in [5.74, 6) is 0. The van der Waals surface area contributed by atoms with E-state index in [9.17, 15) is 0 Å². The molecule has 0 heterocycles. The van der Waals surface area contributed by atoms with Crippen molar-refractivity contribution in [2.75, 3.05) is 6.00 Å². The van der Waals surface area contributed by atoms with Crippen LogP contribution in [0.5, 0.6) is 0 Å². The summed E-state index contributed by atoms with van der Waals surface area (Å²) in [5, 5.41) is 0. The van der Waals surface area contributed by atoms with Gasteiger partial charge in [0.15, 0.2) is 0 Å². The Labute approximate surface area is 119 Å². The van der Waals surface area contributed by atoms with Crippen molar-refractivity contribution >= 4 is 17.3 Å². The van der Waals surface area contributed by atoms with Gasteiger partial charge in [-0.3, -0.25) is 4.99 Å². The second-order valence-corrected chi connectivity index (χ2v) is 4.80. The molecule has 3 heteroatoms. The molecule has 2 N–H and O–H groups in total. The van der Waals surface area contributed by atoms with Gasteiger partial charge in [0.2, 0.25) is 0 Å². The molecule has 0 unspecified atom stereocenters. The number of nitrogens with two attached hydrogens (primary N) is 1. The Morgan fingerprint density at radius 2 is 2.21 bits per heavy atom. The van der Waals surface area contributed by atoms with Gasteiger partial charge in [-0.25, -0.2) is 0 Å². The van der Waals surface area contributed by atoms with Crippen LogP contribution in [0.15, 0.2) is 64.4 Å². The van der Waals surface area contributed by atoms with E-state index in [0.717, 1.165) is 42.7 Å². The molecule has 0 saturated carbocycles. The molecule has 0 aromatic carbocycles. The Hall–Kier alpha value is -1.54. The lowest BCUT2D eigenvalue weighted by atomic mass is 9.98. The van der Waals surface area contributed by atoms with Crippen LogP contribution in [0.1, 0.15) is 25.7 Å². The van der Waals surface area contributed by atoms with Gasteiger partial charge in [0.25, 0.3) is 0 Å². The summed E-state index contributed by atoms with van der Waals surface area (Å²) < 4.78 is 0. The van der Waals surface area contributed by atoms with E-state index in [-0.39, 0.29) is 6.00 Å². The third-order valence-electron chi connectivity index (χ3n) is 3.20. The fourth-order valence-corrected chi connectivity index (χ4v) is 2.30. The number of allylic oxidation sites excluding steroid dienone is 9. The first-order valence-corrected chi connectivity index (χ1v) is 7.15. The van der Waals surface area contributed by atoms with Crippen LogP contribution < -0.4 is 5.73 Å². The first kappa shape index (κ1) is 13.9. The number of hydrogen-bond donors (Lipinski definition) is 1. The van der Waals surface area contributed by atoms with Gasteiger partial charge < -0.3 is 5.73 Å². The van der Waals surface area contributed by atoms with Crippen LogP contribution in [0, 0.1) is 0 Å². The second-order valence-electron chi connectivity index (χ2n) is 4.56. The average molecular weight is 275 g/mol. The number of alkyl halides is 1. The van der Waals surface area contributed by atoms with E-state index in [1.54, 1.807) is 0 Å². The van der Waals surface area contributed by atoms with Crippen molar-refractivity contribution in [3.05, 3.63) is 59.4 Å². The zero-order chi connectivity index (χ0) is 13.5. The van der Waals surface area contributed by atoms with Crippen molar-refractivity contribution in [3.63, 3.8) is 0 Å². The normalized spacial score (nSPS) is 20.3. The van der Waals surface area contributed by atoms with E-state index in [0.29, 0.717) is 0 Å². The van der Waals surface area contributed by atoms with Crippen molar-refractivity contribution in [3.8, 4) is 0 Å². The highest BCUT2D eigenvalue weighted by Crippen LogP contribution is 2.19. The zero-order valence-electron chi connectivity index (χ0n) is 11.0. The lowest BCUT2D eigenvalue weighted by Gasteiger charge is -2.12. The van der Waals surface area contributed by atoms with Crippen LogP contribution in [0.3, 0.4) is 0 Å². The van der Waals surface area contributed by atoms with Crippen LogP contribution >= 0.6 is 11.6 Å². The maximum atomic E-state index is 6.17. The maximum Gasteiger partial charge on any atom is 0.114 e. The first-order chi connectivity index (χ1) is 9.31. The number of nitrogens with zero attached hydrogens (tertiary/aromatic N) is 1. The third kappa shape index (κ3) is 3.97. The van der Waals surface area contributed by atoms with Gasteiger partial charge in [0.05, 0.1) is 5.71 Å². The van der Waals surface area contributed by atoms with Gasteiger partial charge in [0, 0.05) is 5.70 Å². The van der Waals surface area contributed by atoms with E-state index < -0.39 is 0 Å². The largest absolute Gasteiger partial charge is 0.398 e. The summed E-state index contributed by atoms with van der Waals surface area (Å²) in [6, 6.07) is 0.253. The quantitative estimate of drug-likeness (QED) is 0.469. The van der Waals surface area contributed by atoms with Gasteiger partial charge in [-0.05, 0) is 42.9 Å². The molecule has 0 spiro atoms. The summed E-state index contributed by atoms with van der Waals surface area (Å²) in [5.41, 5.74) is 10.1. The van der Waals surface area contributed by atoms with E-state index >= 15 is 0 Å². The van der Waals surface area contributed by atoms with Crippen LogP contribution in [-0.2, 0) is 0 Å². The molecule has 0 aromatic heterocycles. The molecule has 0 fully saturated rings. The van der Waals surface area contributed by atoms with Crippen LogP contribution in [0.4, 0.5) is 0 Å². The molecule has 2 aliphatic rings. The van der Waals surface area contributed by atoms with Crippen molar-refractivity contribution < 1.29 is 0 Å². The Kier molecular flexibility index (Phi) is 5.22. The smallest absolute Gasteiger partial charge is 0.114 e. The molecule has 0 aliphatic heterocycles. The number of halogens is 1. The minimum atomic E-state index is 0.253. The fourth-order valence-electron chi connectivity index (χ4n) is 2.17. The maximum absolute atomic E-state index is 6.17. The van der Waals surface area contributed by atoms with E-state index in [1.165, 1.54) is 5.57 Å². The molecule has 0 saturated heterocycles. The minimum absolute atomic E-state index is 0.253. The van der Waals surface area contributed by atoms with Crippen LogP contribution in [-0.4, -0.2) is 11.7 Å². The van der Waals surface area contributed by atoms with Crippen molar-refractivity contribution in [1.29, 1.82) is 0 Å². The van der Waals surface area contributed by atoms with Gasteiger partial charge in [-0.2, -0.15) is 0 Å². The molecule has 19 heavy (non-hydrogen) atoms. The molecule has 0 aromatic rings. The van der Waals surface area contributed by atoms with E-state index in [4.69, 9.17) is 17.3 Å². The predicted octanol–water partition coefficient (Wildman–Crippen LogP) is 4.02. The Balaban J connectivity index is 2.23. The van der Waals surface area contributed by atoms with E-state index in [2.05, 4.69) is 41.4 Å². The summed E-state index contributed by atoms with van der Waals surface area (Å²) in [7, 11) is 0. The monoisotopic (exact) mass is 274 g/mol. The topological polar surface area (TPSA) is 38.4 Å². The number of hydrogen-bond acceptors (Lipinski definition) is 2. The molecule has 0 amide bonds. The molecule has 0 radical (unpaired) electrons. The standard InChI is InChI=1S/C16H19ClN2/c17-12-19-16(14-9-5-2-6-10-14)11-15(18)13-7-3-1-4-8-13/h1,3,5,7,9-11H,2,4,6,8,12,18H2/b15-11-,19-16?. The number of aliphatic imine (C=N–C) groups is 1. The highest BCUT2D eigenvalue weighted by atomic mass is 35.5. The Morgan fingerprint density at radius 1 is 1.32 bits per heavy atom. The highest BCUT2D eigenvalue weighted by molar-refractivity contribution is 6.20. The summed E-state index contributed by atoms with van der Waals surface area (Å²) in [6.07, 6.45) is 18.8.